The van der Waals surface area contributed by atoms with Gasteiger partial charge in [-0.2, -0.15) is 5.10 Å². The highest BCUT2D eigenvalue weighted by atomic mass is 16.3. The summed E-state index contributed by atoms with van der Waals surface area (Å²) in [4.78, 5) is 12.5. The van der Waals surface area contributed by atoms with Crippen LogP contribution in [0.2, 0.25) is 0 Å². The fraction of sp³-hybridized carbons (Fsp3) is 0.0417. The van der Waals surface area contributed by atoms with E-state index in [1.165, 1.54) is 5.56 Å². The molecule has 0 spiro atoms. The van der Waals surface area contributed by atoms with Gasteiger partial charge < -0.3 is 9.40 Å². The first-order valence-corrected chi connectivity index (χ1v) is 9.69. The van der Waals surface area contributed by atoms with Crippen molar-refractivity contribution in [3.8, 4) is 33.8 Å². The molecular formula is C24H17N5O. The van der Waals surface area contributed by atoms with Gasteiger partial charge >= 0.3 is 0 Å². The van der Waals surface area contributed by atoms with E-state index in [1.54, 1.807) is 18.7 Å². The average Bonchev–Trinajstić information content (AvgIpc) is 3.53. The van der Waals surface area contributed by atoms with Crippen LogP contribution < -0.4 is 0 Å². The third-order valence-electron chi connectivity index (χ3n) is 5.47. The van der Waals surface area contributed by atoms with Crippen LogP contribution >= 0.6 is 0 Å². The van der Waals surface area contributed by atoms with E-state index >= 15 is 0 Å². The molecule has 5 heterocycles. The summed E-state index contributed by atoms with van der Waals surface area (Å²) in [5.41, 5.74) is 8.85. The lowest BCUT2D eigenvalue weighted by molar-refractivity contribution is 0.568. The SMILES string of the molecule is Cc1ccc(-c2ccoc2)c2cc(-c3[nH]nc4ncc(-c5ccccn5)cc34)[nH]c12. The molecule has 2 N–H and O–H groups in total. The zero-order valence-electron chi connectivity index (χ0n) is 16.2. The minimum atomic E-state index is 0.676. The number of aromatic nitrogens is 5. The quantitative estimate of drug-likeness (QED) is 0.403. The Kier molecular flexibility index (Phi) is 3.58. The first-order valence-electron chi connectivity index (χ1n) is 9.69. The number of nitrogens with one attached hydrogen (secondary N) is 2. The van der Waals surface area contributed by atoms with E-state index in [1.807, 2.05) is 30.5 Å². The summed E-state index contributed by atoms with van der Waals surface area (Å²) >= 11 is 0. The second kappa shape index (κ2) is 6.42. The van der Waals surface area contributed by atoms with Crippen LogP contribution in [0.1, 0.15) is 5.56 Å². The summed E-state index contributed by atoms with van der Waals surface area (Å²) < 4.78 is 5.30. The van der Waals surface area contributed by atoms with Crippen molar-refractivity contribution in [1.29, 1.82) is 0 Å². The van der Waals surface area contributed by atoms with Gasteiger partial charge in [0.25, 0.3) is 0 Å². The molecule has 6 rings (SSSR count). The maximum Gasteiger partial charge on any atom is 0.181 e. The fourth-order valence-corrected chi connectivity index (χ4v) is 3.94. The molecule has 0 unspecified atom stereocenters. The Morgan fingerprint density at radius 1 is 0.933 bits per heavy atom. The smallest absolute Gasteiger partial charge is 0.181 e. The van der Waals surface area contributed by atoms with Crippen molar-refractivity contribution in [2.75, 3.05) is 0 Å². The van der Waals surface area contributed by atoms with Crippen molar-refractivity contribution in [2.45, 2.75) is 6.92 Å². The highest BCUT2D eigenvalue weighted by Crippen LogP contribution is 2.36. The molecule has 5 aromatic heterocycles. The van der Waals surface area contributed by atoms with Crippen LogP contribution in [-0.2, 0) is 0 Å². The molecule has 30 heavy (non-hydrogen) atoms. The number of hydrogen-bond donors (Lipinski definition) is 2. The van der Waals surface area contributed by atoms with Crippen LogP contribution in [0.5, 0.6) is 0 Å². The minimum absolute atomic E-state index is 0.676. The summed E-state index contributed by atoms with van der Waals surface area (Å²) in [6, 6.07) is 16.3. The maximum absolute atomic E-state index is 5.30. The lowest BCUT2D eigenvalue weighted by atomic mass is 10.0. The normalized spacial score (nSPS) is 11.5. The number of rotatable bonds is 3. The van der Waals surface area contributed by atoms with Gasteiger partial charge in [0.05, 0.1) is 29.6 Å². The summed E-state index contributed by atoms with van der Waals surface area (Å²) in [6.45, 7) is 2.10. The van der Waals surface area contributed by atoms with Crippen molar-refractivity contribution < 1.29 is 4.42 Å². The Labute approximate surface area is 171 Å². The summed E-state index contributed by atoms with van der Waals surface area (Å²) in [5, 5.41) is 9.66. The molecule has 1 aromatic carbocycles. The van der Waals surface area contributed by atoms with Gasteiger partial charge in [-0.25, -0.2) is 4.98 Å². The topological polar surface area (TPSA) is 83.4 Å². The lowest BCUT2D eigenvalue weighted by Gasteiger charge is -2.02. The number of hydrogen-bond acceptors (Lipinski definition) is 4. The Morgan fingerprint density at radius 3 is 2.73 bits per heavy atom. The maximum atomic E-state index is 5.30. The van der Waals surface area contributed by atoms with Crippen LogP contribution in [-0.4, -0.2) is 25.1 Å². The fourth-order valence-electron chi connectivity index (χ4n) is 3.94. The van der Waals surface area contributed by atoms with E-state index in [4.69, 9.17) is 4.42 Å². The number of benzene rings is 1. The van der Waals surface area contributed by atoms with E-state index < -0.39 is 0 Å². The van der Waals surface area contributed by atoms with Crippen molar-refractivity contribution in [1.82, 2.24) is 25.1 Å². The monoisotopic (exact) mass is 391 g/mol. The Morgan fingerprint density at radius 2 is 1.90 bits per heavy atom. The molecule has 0 atom stereocenters. The van der Waals surface area contributed by atoms with Gasteiger partial charge in [0.1, 0.15) is 0 Å². The Balaban J connectivity index is 1.55. The number of nitrogens with zero attached hydrogens (tertiary/aromatic N) is 3. The highest BCUT2D eigenvalue weighted by Gasteiger charge is 2.16. The van der Waals surface area contributed by atoms with Crippen LogP contribution in [0.4, 0.5) is 0 Å². The largest absolute Gasteiger partial charge is 0.472 e. The Hall–Kier alpha value is -4.19. The lowest BCUT2D eigenvalue weighted by Crippen LogP contribution is -1.85. The van der Waals surface area contributed by atoms with Crippen LogP contribution in [0.3, 0.4) is 0 Å². The number of aryl methyl sites for hydroxylation is 1. The molecular weight excluding hydrogens is 374 g/mol. The molecule has 0 fully saturated rings. The standard InChI is InChI=1S/C24H17N5O/c1-14-5-6-17(15-7-9-30-13-15)18-11-21(27-22(14)18)23-19-10-16(12-26-24(19)29-28-23)20-4-2-3-8-25-20/h2-13,27H,1H3,(H,26,28,29). The third-order valence-corrected chi connectivity index (χ3v) is 5.47. The van der Waals surface area contributed by atoms with Crippen molar-refractivity contribution in [2.24, 2.45) is 0 Å². The van der Waals surface area contributed by atoms with Crippen molar-refractivity contribution >= 4 is 21.9 Å². The van der Waals surface area contributed by atoms with Gasteiger partial charge in [0.15, 0.2) is 5.65 Å². The van der Waals surface area contributed by atoms with E-state index in [9.17, 15) is 0 Å². The van der Waals surface area contributed by atoms with Gasteiger partial charge in [0.2, 0.25) is 0 Å². The molecule has 0 aliphatic rings. The van der Waals surface area contributed by atoms with Gasteiger partial charge in [-0.3, -0.25) is 10.1 Å². The van der Waals surface area contributed by atoms with E-state index in [0.29, 0.717) is 5.65 Å². The van der Waals surface area contributed by atoms with Crippen molar-refractivity contribution in [3.05, 3.63) is 79.0 Å². The van der Waals surface area contributed by atoms with Crippen LogP contribution in [0, 0.1) is 6.92 Å². The van der Waals surface area contributed by atoms with Gasteiger partial charge in [-0.05, 0) is 48.4 Å². The van der Waals surface area contributed by atoms with Gasteiger partial charge in [0, 0.05) is 39.8 Å². The molecule has 0 bridgehead atoms. The molecule has 6 aromatic rings. The molecule has 0 radical (unpaired) electrons. The van der Waals surface area contributed by atoms with Crippen LogP contribution in [0.15, 0.2) is 77.9 Å². The zero-order valence-corrected chi connectivity index (χ0v) is 16.2. The molecule has 6 heteroatoms. The number of aromatic amines is 2. The molecule has 0 aliphatic carbocycles. The summed E-state index contributed by atoms with van der Waals surface area (Å²) in [7, 11) is 0. The molecule has 0 aliphatic heterocycles. The molecule has 0 amide bonds. The van der Waals surface area contributed by atoms with Gasteiger partial charge in [-0.15, -0.1) is 0 Å². The number of H-pyrrole nitrogens is 2. The number of fused-ring (bicyclic) bond motifs is 2. The Bertz CT molecular complexity index is 1490. The van der Waals surface area contributed by atoms with E-state index in [2.05, 4.69) is 56.3 Å². The summed E-state index contributed by atoms with van der Waals surface area (Å²) in [6.07, 6.45) is 7.06. The molecule has 0 saturated heterocycles. The van der Waals surface area contributed by atoms with E-state index in [0.717, 1.165) is 50.1 Å². The zero-order chi connectivity index (χ0) is 20.1. The second-order valence-electron chi connectivity index (χ2n) is 7.32. The highest BCUT2D eigenvalue weighted by molar-refractivity contribution is 6.02. The molecule has 6 nitrogen and oxygen atoms in total. The first kappa shape index (κ1) is 16.7. The van der Waals surface area contributed by atoms with Crippen LogP contribution in [0.25, 0.3) is 55.7 Å². The predicted octanol–water partition coefficient (Wildman–Crippen LogP) is 5.74. The average molecular weight is 391 g/mol. The van der Waals surface area contributed by atoms with E-state index in [-0.39, 0.29) is 0 Å². The summed E-state index contributed by atoms with van der Waals surface area (Å²) in [5.74, 6) is 0. The third kappa shape index (κ3) is 2.54. The molecule has 0 saturated carbocycles. The number of pyridine rings is 2. The van der Waals surface area contributed by atoms with Crippen molar-refractivity contribution in [3.63, 3.8) is 0 Å². The second-order valence-corrected chi connectivity index (χ2v) is 7.32. The predicted molar refractivity (Wildman–Crippen MR) is 117 cm³/mol. The molecule has 144 valence electrons. The van der Waals surface area contributed by atoms with Gasteiger partial charge in [-0.1, -0.05) is 18.2 Å². The number of furan rings is 1. The minimum Gasteiger partial charge on any atom is -0.472 e. The first-order chi connectivity index (χ1) is 14.8.